The molecule has 0 saturated heterocycles. The molecule has 0 saturated carbocycles. The summed E-state index contributed by atoms with van der Waals surface area (Å²) < 4.78 is 0. The van der Waals surface area contributed by atoms with E-state index in [4.69, 9.17) is 0 Å². The van der Waals surface area contributed by atoms with Crippen LogP contribution in [0.4, 0.5) is 0 Å². The second-order valence-electron chi connectivity index (χ2n) is 13.4. The van der Waals surface area contributed by atoms with Crippen molar-refractivity contribution in [3.8, 4) is 0 Å². The summed E-state index contributed by atoms with van der Waals surface area (Å²) in [6.45, 7) is 6.19. The fourth-order valence-corrected chi connectivity index (χ4v) is 6.71. The van der Waals surface area contributed by atoms with Crippen LogP contribution in [0.5, 0.6) is 0 Å². The van der Waals surface area contributed by atoms with Gasteiger partial charge in [0, 0.05) is 37.1 Å². The smallest absolute Gasteiger partial charge is 0.271 e. The van der Waals surface area contributed by atoms with Gasteiger partial charge in [0.2, 0.25) is 23.6 Å². The Labute approximate surface area is 311 Å². The van der Waals surface area contributed by atoms with Crippen molar-refractivity contribution in [3.63, 3.8) is 0 Å². The number of amides is 6. The van der Waals surface area contributed by atoms with Gasteiger partial charge in [0.25, 0.3) is 11.8 Å². The highest BCUT2D eigenvalue weighted by atomic mass is 32.1. The molecule has 0 unspecified atom stereocenters. The number of carbonyl (C=O) groups is 6. The maximum Gasteiger partial charge on any atom is 0.271 e. The third-order valence-electron chi connectivity index (χ3n) is 8.93. The van der Waals surface area contributed by atoms with E-state index in [1.807, 2.05) is 54.6 Å². The number of aromatic nitrogens is 2. The van der Waals surface area contributed by atoms with Gasteiger partial charge < -0.3 is 31.1 Å². The first-order valence-corrected chi connectivity index (χ1v) is 18.3. The first-order chi connectivity index (χ1) is 25.3. The molecule has 0 spiro atoms. The summed E-state index contributed by atoms with van der Waals surface area (Å²) in [6, 6.07) is 14.8. The Bertz CT molecular complexity index is 1990. The maximum atomic E-state index is 14.0. The van der Waals surface area contributed by atoms with Gasteiger partial charge in [-0.1, -0.05) is 62.4 Å². The number of nitrogens with zero attached hydrogens (tertiary/aromatic N) is 4. The molecule has 3 heterocycles. The van der Waals surface area contributed by atoms with E-state index in [1.54, 1.807) is 32.3 Å². The highest BCUT2D eigenvalue weighted by molar-refractivity contribution is 7.09. The second-order valence-corrected chi connectivity index (χ2v) is 14.3. The predicted octanol–water partition coefficient (Wildman–Crippen LogP) is 2.47. The van der Waals surface area contributed by atoms with Gasteiger partial charge in [-0.15, -0.1) is 11.3 Å². The molecule has 4 N–H and O–H groups in total. The molecule has 53 heavy (non-hydrogen) atoms. The number of benzene rings is 2. The predicted molar refractivity (Wildman–Crippen MR) is 200 cm³/mol. The average Bonchev–Trinajstić information content (AvgIpc) is 3.65. The fourth-order valence-electron chi connectivity index (χ4n) is 5.86. The van der Waals surface area contributed by atoms with Crippen LogP contribution in [0, 0.1) is 5.92 Å². The number of thiazole rings is 1. The van der Waals surface area contributed by atoms with Crippen LogP contribution in [0.25, 0.3) is 10.9 Å². The number of rotatable bonds is 4. The molecule has 4 aromatic rings. The van der Waals surface area contributed by atoms with Crippen molar-refractivity contribution in [1.82, 2.24) is 41.0 Å². The summed E-state index contributed by atoms with van der Waals surface area (Å²) in [5.41, 5.74) is 1.93. The summed E-state index contributed by atoms with van der Waals surface area (Å²) >= 11 is 1.18. The highest BCUT2D eigenvalue weighted by Gasteiger charge is 2.31. The zero-order chi connectivity index (χ0) is 38.2. The average molecular weight is 741 g/mol. The Morgan fingerprint density at radius 3 is 2.34 bits per heavy atom. The molecule has 1 aliphatic rings. The molecule has 14 nitrogen and oxygen atoms in total. The number of likely N-dealkylation sites (N-methyl/N-ethyl adjacent to an activating group) is 1. The van der Waals surface area contributed by atoms with Crippen LogP contribution in [0.15, 0.2) is 72.2 Å². The van der Waals surface area contributed by atoms with E-state index in [2.05, 4.69) is 31.2 Å². The van der Waals surface area contributed by atoms with Gasteiger partial charge in [0.15, 0.2) is 0 Å². The number of hydrogen-bond donors (Lipinski definition) is 4. The van der Waals surface area contributed by atoms with Crippen molar-refractivity contribution in [2.45, 2.75) is 58.3 Å². The van der Waals surface area contributed by atoms with E-state index < -0.39 is 59.6 Å². The van der Waals surface area contributed by atoms with Gasteiger partial charge in [-0.3, -0.25) is 33.8 Å². The third kappa shape index (κ3) is 9.80. The van der Waals surface area contributed by atoms with Gasteiger partial charge in [0.1, 0.15) is 28.8 Å². The van der Waals surface area contributed by atoms with Gasteiger partial charge in [-0.05, 0) is 43.9 Å². The van der Waals surface area contributed by atoms with Crippen molar-refractivity contribution < 1.29 is 28.8 Å². The van der Waals surface area contributed by atoms with Crippen molar-refractivity contribution >= 4 is 57.7 Å². The standard InChI is InChI=1S/C38H44N8O6S/c1-22(2)32-35(50)41-24(4)37(51)45(5)15-16-46(38(52)27-18-26-13-9-10-14-28(26)39-19-27)20-31(47)42-29(17-25-11-7-6-8-12-25)36-43-30(21-53-36)34(49)40-23(3)33(48)44-32/h6-14,18-19,21-24,29,32H,15-17,20H2,1-5H3,(H,40,49)(H,41,50)(H,42,47)(H,44,48)/t23-,24+,29-,32-/m0/s1. The molecular formula is C38H44N8O6S. The Morgan fingerprint density at radius 1 is 0.887 bits per heavy atom. The third-order valence-corrected chi connectivity index (χ3v) is 9.89. The van der Waals surface area contributed by atoms with Crippen molar-refractivity contribution in [3.05, 3.63) is 94.1 Å². The molecule has 2 bridgehead atoms. The van der Waals surface area contributed by atoms with Gasteiger partial charge >= 0.3 is 0 Å². The summed E-state index contributed by atoms with van der Waals surface area (Å²) in [5.74, 6) is -3.51. The molecule has 0 radical (unpaired) electrons. The van der Waals surface area contributed by atoms with E-state index in [0.29, 0.717) is 16.9 Å². The number of nitrogens with one attached hydrogen (secondary N) is 4. The Balaban J connectivity index is 1.48. The molecule has 4 atom stereocenters. The van der Waals surface area contributed by atoms with Crippen LogP contribution < -0.4 is 21.3 Å². The van der Waals surface area contributed by atoms with Crippen molar-refractivity contribution in [1.29, 1.82) is 0 Å². The first kappa shape index (κ1) is 38.5. The van der Waals surface area contributed by atoms with E-state index in [0.717, 1.165) is 10.9 Å². The van der Waals surface area contributed by atoms with Gasteiger partial charge in [0.05, 0.1) is 23.7 Å². The van der Waals surface area contributed by atoms with Crippen LogP contribution in [-0.4, -0.2) is 100 Å². The van der Waals surface area contributed by atoms with Crippen LogP contribution in [-0.2, 0) is 25.6 Å². The SMILES string of the molecule is CC(C)[C@@H]1NC(=O)[C@H](C)NC(=O)c2csc(n2)[C@H](Cc2ccccc2)NC(=O)CN(C(=O)c2cnc3ccccc3c2)CCN(C)C(=O)[C@@H](C)NC1=O. The minimum Gasteiger partial charge on any atom is -0.345 e. The van der Waals surface area contributed by atoms with E-state index >= 15 is 0 Å². The molecule has 6 amide bonds. The number of para-hydroxylation sites is 1. The summed E-state index contributed by atoms with van der Waals surface area (Å²) in [4.78, 5) is 92.8. The molecule has 0 fully saturated rings. The lowest BCUT2D eigenvalue weighted by Gasteiger charge is -2.29. The monoisotopic (exact) mass is 740 g/mol. The normalized spacial score (nSPS) is 21.4. The zero-order valence-corrected chi connectivity index (χ0v) is 31.1. The topological polar surface area (TPSA) is 183 Å². The second kappa shape index (κ2) is 17.2. The molecule has 278 valence electrons. The number of pyridine rings is 1. The molecule has 15 heteroatoms. The number of fused-ring (bicyclic) bond motifs is 3. The molecule has 0 aliphatic carbocycles. The highest BCUT2D eigenvalue weighted by Crippen LogP contribution is 2.23. The van der Waals surface area contributed by atoms with Crippen molar-refractivity contribution in [2.75, 3.05) is 26.7 Å². The summed E-state index contributed by atoms with van der Waals surface area (Å²) in [5, 5.41) is 13.8. The lowest BCUT2D eigenvalue weighted by Crippen LogP contribution is -2.57. The van der Waals surface area contributed by atoms with Crippen LogP contribution in [0.2, 0.25) is 0 Å². The van der Waals surface area contributed by atoms with Crippen LogP contribution >= 0.6 is 11.3 Å². The largest absolute Gasteiger partial charge is 0.345 e. The molecule has 2 aromatic heterocycles. The van der Waals surface area contributed by atoms with Crippen molar-refractivity contribution in [2.24, 2.45) is 5.92 Å². The molecule has 5 rings (SSSR count). The minimum atomic E-state index is -1.03. The first-order valence-electron chi connectivity index (χ1n) is 17.4. The van der Waals surface area contributed by atoms with Crippen LogP contribution in [0.3, 0.4) is 0 Å². The fraction of sp³-hybridized carbons (Fsp3) is 0.368. The molecular weight excluding hydrogens is 697 g/mol. The Morgan fingerprint density at radius 2 is 1.60 bits per heavy atom. The van der Waals surface area contributed by atoms with E-state index in [-0.39, 0.29) is 36.8 Å². The Kier molecular flexibility index (Phi) is 12.5. The zero-order valence-electron chi connectivity index (χ0n) is 30.3. The van der Waals surface area contributed by atoms with Gasteiger partial charge in [-0.25, -0.2) is 4.98 Å². The van der Waals surface area contributed by atoms with E-state index in [1.165, 1.54) is 41.2 Å². The van der Waals surface area contributed by atoms with Gasteiger partial charge in [-0.2, -0.15) is 0 Å². The summed E-state index contributed by atoms with van der Waals surface area (Å²) in [6.07, 6.45) is 1.80. The Hall–Kier alpha value is -5.70. The van der Waals surface area contributed by atoms with Crippen LogP contribution in [0.1, 0.15) is 65.2 Å². The lowest BCUT2D eigenvalue weighted by atomic mass is 10.0. The lowest BCUT2D eigenvalue weighted by molar-refractivity contribution is -0.136. The number of carbonyl (C=O) groups excluding carboxylic acids is 6. The number of hydrogen-bond acceptors (Lipinski definition) is 9. The molecule has 1 aliphatic heterocycles. The quantitative estimate of drug-likeness (QED) is 0.246. The molecule has 2 aromatic carbocycles. The maximum absolute atomic E-state index is 14.0. The minimum absolute atomic E-state index is 0.0184. The van der Waals surface area contributed by atoms with E-state index in [9.17, 15) is 28.8 Å². The summed E-state index contributed by atoms with van der Waals surface area (Å²) in [7, 11) is 1.54.